The topological polar surface area (TPSA) is 69.6 Å². The molecule has 1 fully saturated rings. The Kier molecular flexibility index (Phi) is 5.86. The lowest BCUT2D eigenvalue weighted by molar-refractivity contribution is -0.144. The van der Waals surface area contributed by atoms with E-state index in [0.717, 1.165) is 0 Å². The number of carbonyl (C=O) groups excluding carboxylic acids is 1. The number of alkyl halides is 3. The second-order valence-corrected chi connectivity index (χ2v) is 5.72. The van der Waals surface area contributed by atoms with Crippen LogP contribution in [-0.4, -0.2) is 47.3 Å². The Labute approximate surface area is 121 Å². The lowest BCUT2D eigenvalue weighted by atomic mass is 9.97. The minimum Gasteiger partial charge on any atom is -0.481 e. The van der Waals surface area contributed by atoms with Gasteiger partial charge in [-0.2, -0.15) is 13.2 Å². The molecule has 1 saturated heterocycles. The first-order valence-electron chi connectivity index (χ1n) is 6.95. The molecule has 0 aromatic heterocycles. The van der Waals surface area contributed by atoms with E-state index < -0.39 is 36.6 Å². The van der Waals surface area contributed by atoms with Gasteiger partial charge in [0.2, 0.25) is 0 Å². The molecule has 0 spiro atoms. The molecular weight excluding hydrogens is 289 g/mol. The summed E-state index contributed by atoms with van der Waals surface area (Å²) in [6, 6.07) is -1.53. The van der Waals surface area contributed by atoms with Crippen molar-refractivity contribution in [3.8, 4) is 0 Å². The summed E-state index contributed by atoms with van der Waals surface area (Å²) >= 11 is 0. The molecule has 1 unspecified atom stereocenters. The Morgan fingerprint density at radius 3 is 2.19 bits per heavy atom. The third kappa shape index (κ3) is 5.81. The highest BCUT2D eigenvalue weighted by molar-refractivity contribution is 5.75. The fourth-order valence-electron chi connectivity index (χ4n) is 2.28. The van der Waals surface area contributed by atoms with E-state index in [-0.39, 0.29) is 19.0 Å². The standard InChI is InChI=1S/C13H21F3N2O3/c1-8(2)10(7-13(14,15)16)17-12(21)18-5-3-9(4-6-18)11(19)20/h8-10H,3-7H2,1-2H3,(H,17,21)(H,19,20). The number of amides is 2. The summed E-state index contributed by atoms with van der Waals surface area (Å²) in [6.45, 7) is 3.74. The van der Waals surface area contributed by atoms with Crippen LogP contribution in [0.25, 0.3) is 0 Å². The molecule has 21 heavy (non-hydrogen) atoms. The SMILES string of the molecule is CC(C)C(CC(F)(F)F)NC(=O)N1CCC(C(=O)O)CC1. The number of nitrogens with one attached hydrogen (secondary N) is 1. The van der Waals surface area contributed by atoms with Gasteiger partial charge in [-0.3, -0.25) is 4.79 Å². The van der Waals surface area contributed by atoms with Crippen molar-refractivity contribution in [2.24, 2.45) is 11.8 Å². The summed E-state index contributed by atoms with van der Waals surface area (Å²) in [5.41, 5.74) is 0. The van der Waals surface area contributed by atoms with Gasteiger partial charge < -0.3 is 15.3 Å². The fourth-order valence-corrected chi connectivity index (χ4v) is 2.28. The van der Waals surface area contributed by atoms with Gasteiger partial charge in [0.25, 0.3) is 0 Å². The van der Waals surface area contributed by atoms with Gasteiger partial charge in [0.05, 0.1) is 12.3 Å². The molecule has 0 bridgehead atoms. The molecule has 0 saturated carbocycles. The number of urea groups is 1. The summed E-state index contributed by atoms with van der Waals surface area (Å²) in [4.78, 5) is 24.2. The summed E-state index contributed by atoms with van der Waals surface area (Å²) in [5.74, 6) is -1.72. The van der Waals surface area contributed by atoms with Gasteiger partial charge in [-0.25, -0.2) is 4.79 Å². The van der Waals surface area contributed by atoms with E-state index >= 15 is 0 Å². The predicted octanol–water partition coefficient (Wildman–Crippen LogP) is 2.47. The number of aliphatic carboxylic acids is 1. The number of likely N-dealkylation sites (tertiary alicyclic amines) is 1. The highest BCUT2D eigenvalue weighted by Gasteiger charge is 2.35. The Balaban J connectivity index is 2.53. The third-order valence-corrected chi connectivity index (χ3v) is 3.70. The zero-order valence-corrected chi connectivity index (χ0v) is 12.1. The molecule has 1 rings (SSSR count). The van der Waals surface area contributed by atoms with E-state index in [9.17, 15) is 22.8 Å². The van der Waals surface area contributed by atoms with Crippen molar-refractivity contribution in [1.29, 1.82) is 0 Å². The Hall–Kier alpha value is -1.47. The average molecular weight is 310 g/mol. The van der Waals surface area contributed by atoms with E-state index in [1.165, 1.54) is 4.90 Å². The van der Waals surface area contributed by atoms with Gasteiger partial charge in [-0.05, 0) is 18.8 Å². The van der Waals surface area contributed by atoms with E-state index in [1.807, 2.05) is 0 Å². The molecule has 1 heterocycles. The van der Waals surface area contributed by atoms with Crippen LogP contribution in [0, 0.1) is 11.8 Å². The number of hydrogen-bond acceptors (Lipinski definition) is 2. The monoisotopic (exact) mass is 310 g/mol. The van der Waals surface area contributed by atoms with Crippen molar-refractivity contribution in [2.45, 2.75) is 45.3 Å². The average Bonchev–Trinajstić information content (AvgIpc) is 2.36. The van der Waals surface area contributed by atoms with Crippen LogP contribution in [0.4, 0.5) is 18.0 Å². The molecule has 1 atom stereocenters. The fraction of sp³-hybridized carbons (Fsp3) is 0.846. The summed E-state index contributed by atoms with van der Waals surface area (Å²) in [5, 5.41) is 11.3. The molecule has 8 heteroatoms. The number of halogens is 3. The highest BCUT2D eigenvalue weighted by atomic mass is 19.4. The summed E-state index contributed by atoms with van der Waals surface area (Å²) < 4.78 is 37.4. The highest BCUT2D eigenvalue weighted by Crippen LogP contribution is 2.25. The van der Waals surface area contributed by atoms with Gasteiger partial charge in [0.1, 0.15) is 0 Å². The number of carboxylic acid groups (broad SMARTS) is 1. The first-order valence-corrected chi connectivity index (χ1v) is 6.95. The zero-order chi connectivity index (χ0) is 16.2. The Bertz CT molecular complexity index is 377. The Morgan fingerprint density at radius 2 is 1.81 bits per heavy atom. The van der Waals surface area contributed by atoms with E-state index in [0.29, 0.717) is 12.8 Å². The maximum Gasteiger partial charge on any atom is 0.391 e. The number of carbonyl (C=O) groups is 2. The van der Waals surface area contributed by atoms with Crippen LogP contribution in [0.3, 0.4) is 0 Å². The van der Waals surface area contributed by atoms with Crippen LogP contribution >= 0.6 is 0 Å². The van der Waals surface area contributed by atoms with Crippen LogP contribution in [0.1, 0.15) is 33.1 Å². The molecular formula is C13H21F3N2O3. The lowest BCUT2D eigenvalue weighted by Crippen LogP contribution is -2.50. The second kappa shape index (κ2) is 7.00. The molecule has 1 aliphatic rings. The second-order valence-electron chi connectivity index (χ2n) is 5.72. The molecule has 0 aliphatic carbocycles. The Morgan fingerprint density at radius 1 is 1.29 bits per heavy atom. The zero-order valence-electron chi connectivity index (χ0n) is 12.1. The van der Waals surface area contributed by atoms with Gasteiger partial charge in [-0.15, -0.1) is 0 Å². The smallest absolute Gasteiger partial charge is 0.391 e. The number of nitrogens with zero attached hydrogens (tertiary/aromatic N) is 1. The maximum atomic E-state index is 12.5. The molecule has 122 valence electrons. The maximum absolute atomic E-state index is 12.5. The van der Waals surface area contributed by atoms with E-state index in [2.05, 4.69) is 5.32 Å². The van der Waals surface area contributed by atoms with Crippen molar-refractivity contribution < 1.29 is 27.9 Å². The normalized spacial score (nSPS) is 18.7. The minimum absolute atomic E-state index is 0.250. The largest absolute Gasteiger partial charge is 0.481 e. The van der Waals surface area contributed by atoms with Crippen LogP contribution in [-0.2, 0) is 4.79 Å². The number of carboxylic acids is 1. The summed E-state index contributed by atoms with van der Waals surface area (Å²) in [7, 11) is 0. The van der Waals surface area contributed by atoms with Crippen LogP contribution in [0.15, 0.2) is 0 Å². The van der Waals surface area contributed by atoms with Crippen molar-refractivity contribution >= 4 is 12.0 Å². The van der Waals surface area contributed by atoms with E-state index in [1.54, 1.807) is 13.8 Å². The van der Waals surface area contributed by atoms with E-state index in [4.69, 9.17) is 5.11 Å². The number of rotatable bonds is 4. The molecule has 1 aliphatic heterocycles. The molecule has 2 N–H and O–H groups in total. The molecule has 0 aromatic rings. The summed E-state index contributed by atoms with van der Waals surface area (Å²) in [6.07, 6.45) is -4.75. The first kappa shape index (κ1) is 17.6. The lowest BCUT2D eigenvalue weighted by Gasteiger charge is -2.32. The minimum atomic E-state index is -4.33. The van der Waals surface area contributed by atoms with Crippen LogP contribution < -0.4 is 5.32 Å². The van der Waals surface area contributed by atoms with Gasteiger partial charge >= 0.3 is 18.2 Å². The van der Waals surface area contributed by atoms with Crippen molar-refractivity contribution in [3.05, 3.63) is 0 Å². The molecule has 2 amide bonds. The predicted molar refractivity (Wildman–Crippen MR) is 69.8 cm³/mol. The van der Waals surface area contributed by atoms with Gasteiger partial charge in [0, 0.05) is 19.1 Å². The molecule has 0 aromatic carbocycles. The first-order chi connectivity index (χ1) is 9.60. The third-order valence-electron chi connectivity index (χ3n) is 3.70. The molecule has 0 radical (unpaired) electrons. The van der Waals surface area contributed by atoms with Gasteiger partial charge in [-0.1, -0.05) is 13.8 Å². The number of hydrogen-bond donors (Lipinski definition) is 2. The van der Waals surface area contributed by atoms with Crippen LogP contribution in [0.5, 0.6) is 0 Å². The quantitative estimate of drug-likeness (QED) is 0.838. The van der Waals surface area contributed by atoms with Crippen LogP contribution in [0.2, 0.25) is 0 Å². The molecule has 5 nitrogen and oxygen atoms in total. The van der Waals surface area contributed by atoms with Gasteiger partial charge in [0.15, 0.2) is 0 Å². The van der Waals surface area contributed by atoms with Crippen molar-refractivity contribution in [1.82, 2.24) is 10.2 Å². The number of piperidine rings is 1. The van der Waals surface area contributed by atoms with Crippen molar-refractivity contribution in [2.75, 3.05) is 13.1 Å². The van der Waals surface area contributed by atoms with Crippen molar-refractivity contribution in [3.63, 3.8) is 0 Å².